The van der Waals surface area contributed by atoms with Gasteiger partial charge >= 0.3 is 0 Å². The highest BCUT2D eigenvalue weighted by Crippen LogP contribution is 2.27. The molecule has 0 saturated carbocycles. The summed E-state index contributed by atoms with van der Waals surface area (Å²) < 4.78 is 0. The normalized spacial score (nSPS) is 10.7. The van der Waals surface area contributed by atoms with Crippen LogP contribution >= 0.6 is 0 Å². The summed E-state index contributed by atoms with van der Waals surface area (Å²) in [6, 6.07) is 7.46. The number of H-pyrrole nitrogens is 1. The predicted octanol–water partition coefficient (Wildman–Crippen LogP) is 2.88. The molecule has 11 nitrogen and oxygen atoms in total. The van der Waals surface area contributed by atoms with Crippen molar-refractivity contribution < 1.29 is 14.8 Å². The van der Waals surface area contributed by atoms with E-state index in [0.29, 0.717) is 16.9 Å². The van der Waals surface area contributed by atoms with Crippen molar-refractivity contribution in [2.24, 2.45) is 0 Å². The van der Waals surface area contributed by atoms with Crippen LogP contribution in [-0.2, 0) is 6.42 Å². The van der Waals surface area contributed by atoms with E-state index in [2.05, 4.69) is 9.97 Å². The molecule has 11 heteroatoms. The van der Waals surface area contributed by atoms with Crippen LogP contribution in [0.3, 0.4) is 0 Å². The van der Waals surface area contributed by atoms with Gasteiger partial charge in [0.15, 0.2) is 0 Å². The van der Waals surface area contributed by atoms with Crippen molar-refractivity contribution in [3.05, 3.63) is 78.1 Å². The monoisotopic (exact) mass is 343 g/mol. The molecule has 25 heavy (non-hydrogen) atoms. The molecule has 0 aliphatic heterocycles. The van der Waals surface area contributed by atoms with E-state index in [0.717, 1.165) is 6.07 Å². The number of aromatic nitrogens is 2. The van der Waals surface area contributed by atoms with Crippen molar-refractivity contribution in [2.75, 3.05) is 0 Å². The number of benzene rings is 2. The number of nitrogens with one attached hydrogen (secondary N) is 1. The largest absolute Gasteiger partial charge is 0.341 e. The molecule has 0 spiro atoms. The van der Waals surface area contributed by atoms with E-state index in [-0.39, 0.29) is 29.0 Å². The highest BCUT2D eigenvalue weighted by Gasteiger charge is 2.20. The van der Waals surface area contributed by atoms with Crippen LogP contribution in [0.5, 0.6) is 0 Å². The topological polar surface area (TPSA) is 158 Å². The third-order valence-corrected chi connectivity index (χ3v) is 3.56. The molecule has 1 aromatic heterocycles. The first kappa shape index (κ1) is 16.0. The molecule has 0 amide bonds. The maximum Gasteiger partial charge on any atom is 0.279 e. The fraction of sp³-hybridized carbons (Fsp3) is 0.0714. The van der Waals surface area contributed by atoms with E-state index >= 15 is 0 Å². The number of nitrogens with zero attached hydrogens (tertiary/aromatic N) is 4. The highest BCUT2D eigenvalue weighted by molar-refractivity contribution is 5.77. The van der Waals surface area contributed by atoms with E-state index in [4.69, 9.17) is 0 Å². The second-order valence-corrected chi connectivity index (χ2v) is 5.15. The Hall–Kier alpha value is -3.89. The molecule has 0 aliphatic rings. The van der Waals surface area contributed by atoms with E-state index in [1.54, 1.807) is 0 Å². The van der Waals surface area contributed by atoms with E-state index in [1.807, 2.05) is 0 Å². The summed E-state index contributed by atoms with van der Waals surface area (Å²) >= 11 is 0. The molecular weight excluding hydrogens is 334 g/mol. The number of aromatic amines is 1. The first-order valence-corrected chi connectivity index (χ1v) is 6.90. The van der Waals surface area contributed by atoms with Crippen molar-refractivity contribution in [2.45, 2.75) is 6.42 Å². The summed E-state index contributed by atoms with van der Waals surface area (Å²) in [6.07, 6.45) is 0.0246. The van der Waals surface area contributed by atoms with Gasteiger partial charge < -0.3 is 4.98 Å². The molecule has 0 unspecified atom stereocenters. The van der Waals surface area contributed by atoms with E-state index < -0.39 is 14.8 Å². The Labute approximate surface area is 138 Å². The van der Waals surface area contributed by atoms with Gasteiger partial charge in [-0.3, -0.25) is 30.3 Å². The lowest BCUT2D eigenvalue weighted by Crippen LogP contribution is -1.99. The number of imidazole rings is 1. The molecule has 1 N–H and O–H groups in total. The van der Waals surface area contributed by atoms with Crippen LogP contribution in [-0.4, -0.2) is 24.7 Å². The molecule has 126 valence electrons. The lowest BCUT2D eigenvalue weighted by atomic mass is 10.1. The number of nitro groups is 3. The molecule has 1 heterocycles. The number of rotatable bonds is 5. The zero-order chi connectivity index (χ0) is 18.1. The second kappa shape index (κ2) is 5.96. The first-order chi connectivity index (χ1) is 11.8. The van der Waals surface area contributed by atoms with Gasteiger partial charge in [-0.15, -0.1) is 0 Å². The number of hydrogen-bond donors (Lipinski definition) is 1. The summed E-state index contributed by atoms with van der Waals surface area (Å²) in [7, 11) is 0. The number of nitro benzene ring substituents is 3. The smallest absolute Gasteiger partial charge is 0.279 e. The minimum absolute atomic E-state index is 0.0246. The van der Waals surface area contributed by atoms with Crippen molar-refractivity contribution in [1.82, 2.24) is 9.97 Å². The summed E-state index contributed by atoms with van der Waals surface area (Å²) in [5.74, 6) is 0.354. The van der Waals surface area contributed by atoms with Gasteiger partial charge in [-0.2, -0.15) is 0 Å². The molecule has 0 saturated heterocycles. The Bertz CT molecular complexity index is 1030. The Morgan fingerprint density at radius 3 is 2.16 bits per heavy atom. The average Bonchev–Trinajstić information content (AvgIpc) is 2.95. The zero-order valence-electron chi connectivity index (χ0n) is 12.4. The fourth-order valence-corrected chi connectivity index (χ4v) is 2.41. The van der Waals surface area contributed by atoms with Crippen molar-refractivity contribution in [3.8, 4) is 0 Å². The maximum absolute atomic E-state index is 11.2. The van der Waals surface area contributed by atoms with Gasteiger partial charge in [0.1, 0.15) is 5.82 Å². The van der Waals surface area contributed by atoms with E-state index in [9.17, 15) is 30.3 Å². The summed E-state index contributed by atoms with van der Waals surface area (Å²) in [6.45, 7) is 0. The quantitative estimate of drug-likeness (QED) is 0.550. The summed E-state index contributed by atoms with van der Waals surface area (Å²) in [4.78, 5) is 37.9. The van der Waals surface area contributed by atoms with Crippen LogP contribution in [0, 0.1) is 30.3 Å². The Kier molecular flexibility index (Phi) is 3.81. The molecule has 0 fully saturated rings. The van der Waals surface area contributed by atoms with Gasteiger partial charge in [0.2, 0.25) is 0 Å². The van der Waals surface area contributed by atoms with Crippen molar-refractivity contribution in [3.63, 3.8) is 0 Å². The molecule has 0 aliphatic carbocycles. The van der Waals surface area contributed by atoms with Crippen LogP contribution in [0.4, 0.5) is 17.1 Å². The first-order valence-electron chi connectivity index (χ1n) is 6.90. The minimum Gasteiger partial charge on any atom is -0.341 e. The van der Waals surface area contributed by atoms with Crippen LogP contribution in [0.2, 0.25) is 0 Å². The lowest BCUT2D eigenvalue weighted by Gasteiger charge is -2.01. The standard InChI is InChI=1S/C14H9N5O6/c20-17(21)9-3-4-11-12(6-9)16-14(15-11)5-8-1-2-10(18(22)23)7-13(8)19(24)25/h1-4,6-7H,5H2,(H,15,16). The van der Waals surface area contributed by atoms with Crippen molar-refractivity contribution in [1.29, 1.82) is 0 Å². The van der Waals surface area contributed by atoms with Crippen LogP contribution in [0.25, 0.3) is 11.0 Å². The molecule has 3 aromatic rings. The average molecular weight is 343 g/mol. The lowest BCUT2D eigenvalue weighted by molar-refractivity contribution is -0.394. The fourth-order valence-electron chi connectivity index (χ4n) is 2.41. The van der Waals surface area contributed by atoms with Gasteiger partial charge in [-0.1, -0.05) is 0 Å². The summed E-state index contributed by atoms with van der Waals surface area (Å²) in [5.41, 5.74) is 0.267. The van der Waals surface area contributed by atoms with Crippen molar-refractivity contribution >= 4 is 28.1 Å². The number of hydrogen-bond acceptors (Lipinski definition) is 7. The highest BCUT2D eigenvalue weighted by atomic mass is 16.6. The molecule has 2 aromatic carbocycles. The number of non-ortho nitro benzene ring substituents is 2. The third-order valence-electron chi connectivity index (χ3n) is 3.56. The number of fused-ring (bicyclic) bond motifs is 1. The molecule has 0 radical (unpaired) electrons. The zero-order valence-corrected chi connectivity index (χ0v) is 12.4. The predicted molar refractivity (Wildman–Crippen MR) is 85.3 cm³/mol. The van der Waals surface area contributed by atoms with Gasteiger partial charge in [0.05, 0.1) is 31.9 Å². The Balaban J connectivity index is 1.99. The van der Waals surface area contributed by atoms with Gasteiger partial charge in [-0.05, 0) is 12.1 Å². The maximum atomic E-state index is 11.2. The summed E-state index contributed by atoms with van der Waals surface area (Å²) in [5, 5.41) is 32.7. The third kappa shape index (κ3) is 3.10. The molecule has 3 rings (SSSR count). The van der Waals surface area contributed by atoms with Gasteiger partial charge in [0, 0.05) is 30.2 Å². The molecular formula is C14H9N5O6. The Morgan fingerprint density at radius 2 is 1.52 bits per heavy atom. The van der Waals surface area contributed by atoms with Gasteiger partial charge in [-0.25, -0.2) is 4.98 Å². The molecule has 0 bridgehead atoms. The second-order valence-electron chi connectivity index (χ2n) is 5.15. The SMILES string of the molecule is O=[N+]([O-])c1ccc(Cc2nc3ccc([N+](=O)[O-])cc3[nH]2)c([N+](=O)[O-])c1. The van der Waals surface area contributed by atoms with E-state index in [1.165, 1.54) is 30.3 Å². The van der Waals surface area contributed by atoms with Crippen LogP contribution in [0.15, 0.2) is 36.4 Å². The van der Waals surface area contributed by atoms with Crippen LogP contribution in [0.1, 0.15) is 11.4 Å². The van der Waals surface area contributed by atoms with Gasteiger partial charge in [0.25, 0.3) is 17.1 Å². The Morgan fingerprint density at radius 1 is 0.880 bits per heavy atom. The molecule has 0 atom stereocenters. The minimum atomic E-state index is -0.711. The van der Waals surface area contributed by atoms with Crippen LogP contribution < -0.4 is 0 Å².